The number of anilines is 1. The average molecular weight is 508 g/mol. The van der Waals surface area contributed by atoms with Crippen LogP contribution in [0.3, 0.4) is 0 Å². The van der Waals surface area contributed by atoms with Gasteiger partial charge in [0.2, 0.25) is 11.8 Å². The summed E-state index contributed by atoms with van der Waals surface area (Å²) in [5, 5.41) is 4.26. The summed E-state index contributed by atoms with van der Waals surface area (Å²) in [6.45, 7) is 5.22. The van der Waals surface area contributed by atoms with E-state index in [0.717, 1.165) is 11.3 Å². The number of hydrogen-bond acceptors (Lipinski definition) is 7. The van der Waals surface area contributed by atoms with Gasteiger partial charge < -0.3 is 10.5 Å². The van der Waals surface area contributed by atoms with Gasteiger partial charge in [-0.3, -0.25) is 14.7 Å². The van der Waals surface area contributed by atoms with Crippen LogP contribution < -0.4 is 10.5 Å². The van der Waals surface area contributed by atoms with Gasteiger partial charge in [0.25, 0.3) is 6.43 Å². The van der Waals surface area contributed by atoms with Gasteiger partial charge in [-0.05, 0) is 61.7 Å². The van der Waals surface area contributed by atoms with E-state index in [9.17, 15) is 13.2 Å². The predicted octanol–water partition coefficient (Wildman–Crippen LogP) is 5.20. The fourth-order valence-corrected chi connectivity index (χ4v) is 3.87. The van der Waals surface area contributed by atoms with E-state index >= 15 is 0 Å². The van der Waals surface area contributed by atoms with E-state index in [2.05, 4.69) is 31.8 Å². The Hall–Kier alpha value is -4.54. The predicted molar refractivity (Wildman–Crippen MR) is 136 cm³/mol. The molecule has 0 atom stereocenters. The molecule has 0 fully saturated rings. The molecule has 190 valence electrons. The summed E-state index contributed by atoms with van der Waals surface area (Å²) in [4.78, 5) is 16.3. The first-order valence-electron chi connectivity index (χ1n) is 11.2. The van der Waals surface area contributed by atoms with Crippen molar-refractivity contribution in [2.24, 2.45) is 12.0 Å². The van der Waals surface area contributed by atoms with Crippen LogP contribution in [0.1, 0.15) is 29.1 Å². The summed E-state index contributed by atoms with van der Waals surface area (Å²) in [6.07, 6.45) is 2.73. The fraction of sp³-hybridized carbons (Fsp3) is 0.192. The lowest BCUT2D eigenvalue weighted by atomic mass is 9.99. The van der Waals surface area contributed by atoms with Gasteiger partial charge in [0.1, 0.15) is 11.5 Å². The number of aromatic nitrogens is 5. The second-order valence-corrected chi connectivity index (χ2v) is 8.12. The molecule has 37 heavy (non-hydrogen) atoms. The number of pyridine rings is 1. The van der Waals surface area contributed by atoms with Crippen molar-refractivity contribution in [1.29, 1.82) is 0 Å². The zero-order chi connectivity index (χ0) is 26.5. The minimum absolute atomic E-state index is 0.0833. The van der Waals surface area contributed by atoms with Crippen molar-refractivity contribution in [3.05, 3.63) is 77.3 Å². The minimum Gasteiger partial charge on any atom is -0.477 e. The molecule has 0 aliphatic carbocycles. The number of rotatable bonds is 9. The zero-order valence-corrected chi connectivity index (χ0v) is 20.2. The number of aryl methyl sites for hydroxylation is 2. The van der Waals surface area contributed by atoms with Crippen LogP contribution in [0.25, 0.3) is 28.5 Å². The standard InChI is InChI=1S/C26H24F3N7O/c1-15-12-18(13-20(33-15)24(28)29)22-23(16-4-6-19(27)7-5-16)34-26(30)35-25(22)37-11-9-17-14-32-36(3)21(17)8-10-31-2/h4-8,10,12-14,24H,2,9,11H2,1,3H3,(H2,30,34,35)/b10-8-. The largest absolute Gasteiger partial charge is 0.477 e. The number of nitrogens with zero attached hydrogens (tertiary/aromatic N) is 6. The number of benzene rings is 1. The smallest absolute Gasteiger partial charge is 0.280 e. The summed E-state index contributed by atoms with van der Waals surface area (Å²) in [6, 6.07) is 8.49. The third-order valence-corrected chi connectivity index (χ3v) is 5.51. The summed E-state index contributed by atoms with van der Waals surface area (Å²) >= 11 is 0. The third-order valence-electron chi connectivity index (χ3n) is 5.51. The average Bonchev–Trinajstić information content (AvgIpc) is 3.21. The monoisotopic (exact) mass is 507 g/mol. The normalized spacial score (nSPS) is 11.4. The highest BCUT2D eigenvalue weighted by Crippen LogP contribution is 2.39. The molecule has 0 amide bonds. The summed E-state index contributed by atoms with van der Waals surface area (Å²) < 4.78 is 48.5. The fourth-order valence-electron chi connectivity index (χ4n) is 3.87. The first kappa shape index (κ1) is 25.5. The van der Waals surface area contributed by atoms with Crippen LogP contribution in [0.15, 0.2) is 53.8 Å². The highest BCUT2D eigenvalue weighted by Gasteiger charge is 2.21. The number of halogens is 3. The maximum Gasteiger partial charge on any atom is 0.280 e. The van der Waals surface area contributed by atoms with E-state index in [1.165, 1.54) is 30.3 Å². The molecule has 4 rings (SSSR count). The Morgan fingerprint density at radius 2 is 1.89 bits per heavy atom. The Bertz CT molecular complexity index is 1450. The van der Waals surface area contributed by atoms with Gasteiger partial charge in [0.05, 0.1) is 29.8 Å². The third kappa shape index (κ3) is 5.83. The number of aliphatic imine (C=N–C) groups is 1. The van der Waals surface area contributed by atoms with Gasteiger partial charge in [-0.2, -0.15) is 10.1 Å². The summed E-state index contributed by atoms with van der Waals surface area (Å²) in [5.41, 5.74) is 9.25. The molecule has 8 nitrogen and oxygen atoms in total. The van der Waals surface area contributed by atoms with Crippen molar-refractivity contribution in [3.8, 4) is 28.3 Å². The molecule has 2 N–H and O–H groups in total. The van der Waals surface area contributed by atoms with Crippen LogP contribution in [0.4, 0.5) is 19.1 Å². The Morgan fingerprint density at radius 1 is 1.14 bits per heavy atom. The molecule has 11 heteroatoms. The lowest BCUT2D eigenvalue weighted by Crippen LogP contribution is -2.09. The molecule has 0 unspecified atom stereocenters. The van der Waals surface area contributed by atoms with Crippen molar-refractivity contribution in [2.45, 2.75) is 19.8 Å². The van der Waals surface area contributed by atoms with Crippen LogP contribution in [-0.2, 0) is 13.5 Å². The zero-order valence-electron chi connectivity index (χ0n) is 20.2. The van der Waals surface area contributed by atoms with Crippen molar-refractivity contribution < 1.29 is 17.9 Å². The van der Waals surface area contributed by atoms with E-state index in [1.54, 1.807) is 43.2 Å². The quantitative estimate of drug-likeness (QED) is 0.312. The minimum atomic E-state index is -2.78. The first-order chi connectivity index (χ1) is 17.8. The van der Waals surface area contributed by atoms with E-state index in [0.29, 0.717) is 34.5 Å². The number of ether oxygens (including phenoxy) is 1. The molecule has 0 radical (unpaired) electrons. The van der Waals surface area contributed by atoms with Crippen LogP contribution in [0.5, 0.6) is 5.88 Å². The number of hydrogen-bond donors (Lipinski definition) is 1. The van der Waals surface area contributed by atoms with Crippen molar-refractivity contribution in [3.63, 3.8) is 0 Å². The van der Waals surface area contributed by atoms with Gasteiger partial charge in [-0.1, -0.05) is 0 Å². The molecule has 0 saturated carbocycles. The molecular formula is C26H24F3N7O. The second-order valence-electron chi connectivity index (χ2n) is 8.12. The van der Waals surface area contributed by atoms with Crippen molar-refractivity contribution in [1.82, 2.24) is 24.7 Å². The number of nitrogens with two attached hydrogens (primary N) is 1. The molecule has 0 aliphatic rings. The van der Waals surface area contributed by atoms with Gasteiger partial charge in [-0.25, -0.2) is 18.2 Å². The molecule has 0 spiro atoms. The lowest BCUT2D eigenvalue weighted by Gasteiger charge is -2.16. The van der Waals surface area contributed by atoms with E-state index < -0.39 is 17.9 Å². The topological polar surface area (TPSA) is 104 Å². The molecule has 3 aromatic heterocycles. The van der Waals surface area contributed by atoms with Crippen LogP contribution in [-0.4, -0.2) is 38.1 Å². The Labute approximate surface area is 211 Å². The van der Waals surface area contributed by atoms with Crippen LogP contribution in [0, 0.1) is 12.7 Å². The maximum absolute atomic E-state index is 13.6. The van der Waals surface area contributed by atoms with Crippen LogP contribution in [0.2, 0.25) is 0 Å². The molecule has 1 aromatic carbocycles. The molecule has 0 aliphatic heterocycles. The van der Waals surface area contributed by atoms with Gasteiger partial charge >= 0.3 is 0 Å². The molecule has 0 saturated heterocycles. The Kier molecular flexibility index (Phi) is 7.61. The molecule has 4 aromatic rings. The Morgan fingerprint density at radius 3 is 2.59 bits per heavy atom. The van der Waals surface area contributed by atoms with Crippen LogP contribution >= 0.6 is 0 Å². The maximum atomic E-state index is 13.6. The van der Waals surface area contributed by atoms with Gasteiger partial charge in [-0.15, -0.1) is 0 Å². The Balaban J connectivity index is 1.78. The summed E-state index contributed by atoms with van der Waals surface area (Å²) in [5.74, 6) is -0.414. The second kappa shape index (κ2) is 11.0. The van der Waals surface area contributed by atoms with Gasteiger partial charge in [0.15, 0.2) is 0 Å². The van der Waals surface area contributed by atoms with Gasteiger partial charge in [0, 0.05) is 36.5 Å². The molecular weight excluding hydrogens is 483 g/mol. The highest BCUT2D eigenvalue weighted by molar-refractivity contribution is 5.85. The van der Waals surface area contributed by atoms with E-state index in [1.807, 2.05) is 0 Å². The molecule has 3 heterocycles. The van der Waals surface area contributed by atoms with E-state index in [4.69, 9.17) is 10.5 Å². The van der Waals surface area contributed by atoms with Crippen molar-refractivity contribution in [2.75, 3.05) is 12.3 Å². The summed E-state index contributed by atoms with van der Waals surface area (Å²) in [7, 11) is 1.80. The van der Waals surface area contributed by atoms with E-state index in [-0.39, 0.29) is 18.4 Å². The molecule has 0 bridgehead atoms. The van der Waals surface area contributed by atoms with Crippen molar-refractivity contribution >= 4 is 18.7 Å². The first-order valence-corrected chi connectivity index (χ1v) is 11.2. The number of alkyl halides is 2. The SMILES string of the molecule is C=N/C=C\c1c(CCOc2nc(N)nc(-c3ccc(F)cc3)c2-c2cc(C)nc(C(F)F)c2)cnn1C. The lowest BCUT2D eigenvalue weighted by molar-refractivity contribution is 0.146. The number of nitrogen functional groups attached to an aromatic ring is 1. The highest BCUT2D eigenvalue weighted by atomic mass is 19.3.